The molecule has 1 aromatic rings. The standard InChI is InChI=1S/C13H12O2/c1-15-13(14)12-7-8-6-11(12)10-5-3-2-4-9(8)10/h2-5,7-8,11H,6H2,1H3. The van der Waals surface area contributed by atoms with Crippen LogP contribution in [0, 0.1) is 0 Å². The first-order valence-corrected chi connectivity index (χ1v) is 5.20. The maximum Gasteiger partial charge on any atom is 0.334 e. The Labute approximate surface area is 88.6 Å². The molecule has 0 spiro atoms. The predicted molar refractivity (Wildman–Crippen MR) is 56.6 cm³/mol. The molecule has 0 saturated carbocycles. The van der Waals surface area contributed by atoms with Crippen LogP contribution in [0.2, 0.25) is 0 Å². The van der Waals surface area contributed by atoms with Crippen molar-refractivity contribution < 1.29 is 9.53 Å². The lowest BCUT2D eigenvalue weighted by Gasteiger charge is -2.14. The van der Waals surface area contributed by atoms with Gasteiger partial charge in [-0.25, -0.2) is 4.79 Å². The zero-order valence-electron chi connectivity index (χ0n) is 8.57. The average Bonchev–Trinajstić information content (AvgIpc) is 2.86. The highest BCUT2D eigenvalue weighted by Gasteiger charge is 2.40. The number of fused-ring (bicyclic) bond motifs is 5. The van der Waals surface area contributed by atoms with Gasteiger partial charge in [0.1, 0.15) is 0 Å². The van der Waals surface area contributed by atoms with Gasteiger partial charge in [-0.1, -0.05) is 30.3 Å². The van der Waals surface area contributed by atoms with Crippen LogP contribution in [0.15, 0.2) is 35.9 Å². The van der Waals surface area contributed by atoms with Gasteiger partial charge >= 0.3 is 5.97 Å². The summed E-state index contributed by atoms with van der Waals surface area (Å²) in [6.07, 6.45) is 3.11. The second-order valence-corrected chi connectivity index (χ2v) is 4.14. The van der Waals surface area contributed by atoms with Crippen molar-refractivity contribution in [2.45, 2.75) is 18.3 Å². The highest BCUT2D eigenvalue weighted by molar-refractivity contribution is 5.92. The van der Waals surface area contributed by atoms with E-state index in [9.17, 15) is 4.79 Å². The van der Waals surface area contributed by atoms with E-state index in [1.807, 2.05) is 6.07 Å². The van der Waals surface area contributed by atoms with Crippen molar-refractivity contribution >= 4 is 5.97 Å². The molecule has 2 unspecified atom stereocenters. The van der Waals surface area contributed by atoms with Crippen LogP contribution in [-0.4, -0.2) is 13.1 Å². The summed E-state index contributed by atoms with van der Waals surface area (Å²) < 4.78 is 4.79. The van der Waals surface area contributed by atoms with Crippen molar-refractivity contribution in [2.24, 2.45) is 0 Å². The van der Waals surface area contributed by atoms with Gasteiger partial charge in [0.05, 0.1) is 7.11 Å². The van der Waals surface area contributed by atoms with Crippen LogP contribution in [0.5, 0.6) is 0 Å². The minimum Gasteiger partial charge on any atom is -0.466 e. The van der Waals surface area contributed by atoms with Gasteiger partial charge in [0.2, 0.25) is 0 Å². The molecule has 2 bridgehead atoms. The van der Waals surface area contributed by atoms with Gasteiger partial charge in [-0.15, -0.1) is 0 Å². The van der Waals surface area contributed by atoms with E-state index in [-0.39, 0.29) is 11.9 Å². The van der Waals surface area contributed by atoms with Crippen LogP contribution in [-0.2, 0) is 9.53 Å². The van der Waals surface area contributed by atoms with Crippen molar-refractivity contribution in [3.8, 4) is 0 Å². The quantitative estimate of drug-likeness (QED) is 0.650. The normalized spacial score (nSPS) is 26.1. The Morgan fingerprint density at radius 2 is 2.07 bits per heavy atom. The van der Waals surface area contributed by atoms with Gasteiger partial charge in [0.15, 0.2) is 0 Å². The van der Waals surface area contributed by atoms with Crippen LogP contribution in [0.4, 0.5) is 0 Å². The minimum atomic E-state index is -0.169. The number of hydrogen-bond donors (Lipinski definition) is 0. The lowest BCUT2D eigenvalue weighted by Crippen LogP contribution is -2.10. The van der Waals surface area contributed by atoms with E-state index in [1.165, 1.54) is 18.2 Å². The molecule has 0 N–H and O–H groups in total. The Morgan fingerprint density at radius 3 is 2.80 bits per heavy atom. The molecule has 2 nitrogen and oxygen atoms in total. The molecule has 2 aliphatic carbocycles. The van der Waals surface area contributed by atoms with Gasteiger partial charge in [-0.05, 0) is 17.5 Å². The topological polar surface area (TPSA) is 26.3 Å². The Hall–Kier alpha value is -1.57. The smallest absolute Gasteiger partial charge is 0.334 e. The Morgan fingerprint density at radius 1 is 1.33 bits per heavy atom. The molecule has 0 aliphatic heterocycles. The molecule has 15 heavy (non-hydrogen) atoms. The first-order valence-electron chi connectivity index (χ1n) is 5.20. The highest BCUT2D eigenvalue weighted by atomic mass is 16.5. The summed E-state index contributed by atoms with van der Waals surface area (Å²) in [5, 5.41) is 0. The maximum absolute atomic E-state index is 11.5. The summed E-state index contributed by atoms with van der Waals surface area (Å²) in [5.41, 5.74) is 3.54. The second-order valence-electron chi connectivity index (χ2n) is 4.14. The number of methoxy groups -OCH3 is 1. The van der Waals surface area contributed by atoms with Gasteiger partial charge in [-0.2, -0.15) is 0 Å². The zero-order valence-corrected chi connectivity index (χ0v) is 8.57. The number of allylic oxidation sites excluding steroid dienone is 1. The van der Waals surface area contributed by atoms with Gasteiger partial charge in [0.25, 0.3) is 0 Å². The van der Waals surface area contributed by atoms with E-state index >= 15 is 0 Å². The first kappa shape index (κ1) is 8.72. The molecule has 3 rings (SSSR count). The highest BCUT2D eigenvalue weighted by Crippen LogP contribution is 2.52. The molecule has 2 atom stereocenters. The summed E-state index contributed by atoms with van der Waals surface area (Å²) >= 11 is 0. The Kier molecular flexibility index (Phi) is 1.72. The zero-order chi connectivity index (χ0) is 10.4. The lowest BCUT2D eigenvalue weighted by atomic mass is 9.91. The van der Waals surface area contributed by atoms with Crippen LogP contribution in [0.25, 0.3) is 0 Å². The number of hydrogen-bond acceptors (Lipinski definition) is 2. The second kappa shape index (κ2) is 2.96. The third kappa shape index (κ3) is 1.08. The largest absolute Gasteiger partial charge is 0.466 e. The molecule has 76 valence electrons. The summed E-state index contributed by atoms with van der Waals surface area (Å²) in [7, 11) is 1.45. The van der Waals surface area contributed by atoms with Gasteiger partial charge in [-0.3, -0.25) is 0 Å². The summed E-state index contributed by atoms with van der Waals surface area (Å²) in [6, 6.07) is 8.38. The van der Waals surface area contributed by atoms with E-state index in [4.69, 9.17) is 4.74 Å². The molecule has 2 aliphatic rings. The number of ether oxygens (including phenoxy) is 1. The summed E-state index contributed by atoms with van der Waals surface area (Å²) in [4.78, 5) is 11.5. The molecular weight excluding hydrogens is 188 g/mol. The van der Waals surface area contributed by atoms with E-state index in [0.29, 0.717) is 5.92 Å². The van der Waals surface area contributed by atoms with E-state index < -0.39 is 0 Å². The predicted octanol–water partition coefficient (Wildman–Crippen LogP) is 2.37. The Balaban J connectivity index is 2.05. The molecule has 0 aromatic heterocycles. The number of benzene rings is 1. The van der Waals surface area contributed by atoms with E-state index in [1.54, 1.807) is 0 Å². The number of carbonyl (C=O) groups is 1. The number of rotatable bonds is 1. The summed E-state index contributed by atoms with van der Waals surface area (Å²) in [5.74, 6) is 0.538. The van der Waals surface area contributed by atoms with Crippen LogP contribution < -0.4 is 0 Å². The SMILES string of the molecule is COC(=O)C1=CC2CC1c1ccccc12. The van der Waals surface area contributed by atoms with Crippen molar-refractivity contribution in [1.29, 1.82) is 0 Å². The molecular formula is C13H12O2. The van der Waals surface area contributed by atoms with Crippen molar-refractivity contribution in [3.05, 3.63) is 47.0 Å². The first-order chi connectivity index (χ1) is 7.31. The van der Waals surface area contributed by atoms with Crippen LogP contribution in [0.1, 0.15) is 29.4 Å². The van der Waals surface area contributed by atoms with E-state index in [0.717, 1.165) is 12.0 Å². The monoisotopic (exact) mass is 200 g/mol. The minimum absolute atomic E-state index is 0.169. The number of carbonyl (C=O) groups excluding carboxylic acids is 1. The average molecular weight is 200 g/mol. The van der Waals surface area contributed by atoms with Crippen LogP contribution in [0.3, 0.4) is 0 Å². The number of esters is 1. The van der Waals surface area contributed by atoms with Gasteiger partial charge < -0.3 is 4.74 Å². The lowest BCUT2D eigenvalue weighted by molar-refractivity contribution is -0.136. The van der Waals surface area contributed by atoms with E-state index in [2.05, 4.69) is 24.3 Å². The molecule has 0 amide bonds. The molecule has 1 aromatic carbocycles. The molecule has 0 heterocycles. The van der Waals surface area contributed by atoms with Crippen molar-refractivity contribution in [3.63, 3.8) is 0 Å². The Bertz CT molecular complexity index is 459. The third-order valence-electron chi connectivity index (χ3n) is 3.44. The molecule has 0 fully saturated rings. The van der Waals surface area contributed by atoms with Crippen molar-refractivity contribution in [1.82, 2.24) is 0 Å². The molecule has 0 radical (unpaired) electrons. The fraction of sp³-hybridized carbons (Fsp3) is 0.308. The fourth-order valence-corrected chi connectivity index (χ4v) is 2.79. The fourth-order valence-electron chi connectivity index (χ4n) is 2.79. The van der Waals surface area contributed by atoms with Crippen molar-refractivity contribution in [2.75, 3.05) is 7.11 Å². The van der Waals surface area contributed by atoms with Crippen LogP contribution >= 0.6 is 0 Å². The molecule has 2 heteroatoms. The van der Waals surface area contributed by atoms with Gasteiger partial charge in [0, 0.05) is 17.4 Å². The maximum atomic E-state index is 11.5. The summed E-state index contributed by atoms with van der Waals surface area (Å²) in [6.45, 7) is 0. The molecule has 0 saturated heterocycles. The third-order valence-corrected chi connectivity index (χ3v) is 3.44.